The summed E-state index contributed by atoms with van der Waals surface area (Å²) in [6.07, 6.45) is 3.80. The van der Waals surface area contributed by atoms with Gasteiger partial charge in [0.25, 0.3) is 0 Å². The molecule has 0 atom stereocenters. The van der Waals surface area contributed by atoms with Gasteiger partial charge in [-0.1, -0.05) is 0 Å². The number of carbonyl (C=O) groups is 1. The van der Waals surface area contributed by atoms with Crippen LogP contribution in [-0.2, 0) is 5.41 Å². The van der Waals surface area contributed by atoms with Crippen molar-refractivity contribution in [1.82, 2.24) is 15.5 Å². The van der Waals surface area contributed by atoms with Crippen LogP contribution in [0.4, 0.5) is 4.79 Å². The maximum absolute atomic E-state index is 10.7. The molecule has 5 heteroatoms. The molecule has 1 saturated carbocycles. The summed E-state index contributed by atoms with van der Waals surface area (Å²) in [4.78, 5) is 10.7. The molecule has 2 rings (SSSR count). The summed E-state index contributed by atoms with van der Waals surface area (Å²) in [7, 11) is 0. The molecule has 0 aliphatic heterocycles. The third-order valence-electron chi connectivity index (χ3n) is 3.12. The third kappa shape index (κ3) is 2.18. The van der Waals surface area contributed by atoms with Gasteiger partial charge in [-0.25, -0.2) is 4.79 Å². The fourth-order valence-electron chi connectivity index (χ4n) is 2.41. The van der Waals surface area contributed by atoms with E-state index in [1.807, 2.05) is 26.1 Å². The molecule has 0 bridgehead atoms. The molecule has 1 aromatic rings. The van der Waals surface area contributed by atoms with Crippen LogP contribution >= 0.6 is 0 Å². The molecule has 1 heterocycles. The minimum absolute atomic E-state index is 0.0753. The Hall–Kier alpha value is -1.52. The van der Waals surface area contributed by atoms with Gasteiger partial charge in [-0.05, 0) is 39.2 Å². The molecule has 0 spiro atoms. The van der Waals surface area contributed by atoms with Gasteiger partial charge in [-0.2, -0.15) is 5.10 Å². The van der Waals surface area contributed by atoms with Crippen molar-refractivity contribution in [3.05, 3.63) is 18.0 Å². The van der Waals surface area contributed by atoms with Gasteiger partial charge in [0.2, 0.25) is 0 Å². The van der Waals surface area contributed by atoms with Crippen molar-refractivity contribution in [2.45, 2.75) is 44.1 Å². The van der Waals surface area contributed by atoms with Crippen LogP contribution < -0.4 is 5.32 Å². The maximum atomic E-state index is 10.7. The molecule has 3 N–H and O–H groups in total. The van der Waals surface area contributed by atoms with Gasteiger partial charge in [0, 0.05) is 17.2 Å². The Bertz CT molecular complexity index is 380. The summed E-state index contributed by atoms with van der Waals surface area (Å²) in [5.41, 5.74) is 0.709. The molecule has 0 saturated heterocycles. The Balaban J connectivity index is 2.07. The first kappa shape index (κ1) is 11.0. The van der Waals surface area contributed by atoms with Crippen molar-refractivity contribution in [2.24, 2.45) is 0 Å². The zero-order valence-electron chi connectivity index (χ0n) is 9.58. The number of nitrogens with one attached hydrogen (secondary N) is 2. The standard InChI is InChI=1S/C11H17N3O2/c1-10(2,13-9(15)16)7-11(4-5-11)8-3-6-12-14-8/h3,6,13H,4-5,7H2,1-2H3,(H,12,14)(H,15,16). The number of hydrogen-bond donors (Lipinski definition) is 3. The first-order valence-electron chi connectivity index (χ1n) is 5.45. The van der Waals surface area contributed by atoms with Crippen LogP contribution in [0.5, 0.6) is 0 Å². The van der Waals surface area contributed by atoms with E-state index in [4.69, 9.17) is 5.11 Å². The largest absolute Gasteiger partial charge is 0.465 e. The summed E-state index contributed by atoms with van der Waals surface area (Å²) >= 11 is 0. The number of carboxylic acid groups (broad SMARTS) is 1. The van der Waals surface area contributed by atoms with E-state index in [9.17, 15) is 4.79 Å². The molecule has 0 aromatic carbocycles. The fraction of sp³-hybridized carbons (Fsp3) is 0.636. The Labute approximate surface area is 94.2 Å². The van der Waals surface area contributed by atoms with Crippen LogP contribution in [0.3, 0.4) is 0 Å². The van der Waals surface area contributed by atoms with Crippen molar-refractivity contribution >= 4 is 6.09 Å². The molecule has 0 unspecified atom stereocenters. The zero-order chi connectivity index (χ0) is 11.8. The minimum atomic E-state index is -0.970. The lowest BCUT2D eigenvalue weighted by Gasteiger charge is -2.28. The average Bonchev–Trinajstić information content (AvgIpc) is 2.71. The highest BCUT2D eigenvalue weighted by Crippen LogP contribution is 2.52. The summed E-state index contributed by atoms with van der Waals surface area (Å²) in [6.45, 7) is 3.82. The van der Waals surface area contributed by atoms with Crippen molar-refractivity contribution < 1.29 is 9.90 Å². The Morgan fingerprint density at radius 2 is 2.38 bits per heavy atom. The lowest BCUT2D eigenvalue weighted by atomic mass is 9.86. The van der Waals surface area contributed by atoms with E-state index in [-0.39, 0.29) is 5.41 Å². The molecule has 5 nitrogen and oxygen atoms in total. The van der Waals surface area contributed by atoms with E-state index >= 15 is 0 Å². The molecule has 1 amide bonds. The van der Waals surface area contributed by atoms with Crippen molar-refractivity contribution in [1.29, 1.82) is 0 Å². The van der Waals surface area contributed by atoms with Crippen LogP contribution in [0.2, 0.25) is 0 Å². The number of amides is 1. The van der Waals surface area contributed by atoms with E-state index in [0.717, 1.165) is 25.0 Å². The highest BCUT2D eigenvalue weighted by molar-refractivity contribution is 5.65. The van der Waals surface area contributed by atoms with Crippen LogP contribution in [0.15, 0.2) is 12.3 Å². The Morgan fingerprint density at radius 1 is 1.69 bits per heavy atom. The first-order chi connectivity index (χ1) is 7.44. The smallest absolute Gasteiger partial charge is 0.405 e. The predicted octanol–water partition coefficient (Wildman–Crippen LogP) is 1.88. The molecule has 0 radical (unpaired) electrons. The summed E-state index contributed by atoms with van der Waals surface area (Å²) in [5.74, 6) is 0. The van der Waals surface area contributed by atoms with E-state index < -0.39 is 11.6 Å². The van der Waals surface area contributed by atoms with Crippen LogP contribution in [0.1, 0.15) is 38.8 Å². The highest BCUT2D eigenvalue weighted by Gasteiger charge is 2.49. The molecule has 1 aromatic heterocycles. The Morgan fingerprint density at radius 3 is 2.81 bits per heavy atom. The lowest BCUT2D eigenvalue weighted by Crippen LogP contribution is -2.45. The van der Waals surface area contributed by atoms with Gasteiger partial charge in [0.15, 0.2) is 0 Å². The number of rotatable bonds is 4. The van der Waals surface area contributed by atoms with Crippen molar-refractivity contribution in [3.8, 4) is 0 Å². The second-order valence-electron chi connectivity index (χ2n) is 5.23. The van der Waals surface area contributed by atoms with Crippen LogP contribution in [0.25, 0.3) is 0 Å². The lowest BCUT2D eigenvalue weighted by molar-refractivity contribution is 0.178. The number of H-pyrrole nitrogens is 1. The zero-order valence-corrected chi connectivity index (χ0v) is 9.58. The number of aromatic amines is 1. The number of aromatic nitrogens is 2. The third-order valence-corrected chi connectivity index (χ3v) is 3.12. The average molecular weight is 223 g/mol. The SMILES string of the molecule is CC(C)(CC1(c2cc[nH]n2)CC1)NC(=O)O. The monoisotopic (exact) mass is 223 g/mol. The minimum Gasteiger partial charge on any atom is -0.465 e. The molecule has 1 aliphatic rings. The van der Waals surface area contributed by atoms with E-state index in [1.165, 1.54) is 0 Å². The second kappa shape index (κ2) is 3.50. The molecule has 1 aliphatic carbocycles. The number of hydrogen-bond acceptors (Lipinski definition) is 2. The molecular weight excluding hydrogens is 206 g/mol. The van der Waals surface area contributed by atoms with Gasteiger partial charge >= 0.3 is 6.09 Å². The Kier molecular flexibility index (Phi) is 2.40. The summed E-state index contributed by atoms with van der Waals surface area (Å²) in [6, 6.07) is 1.98. The van der Waals surface area contributed by atoms with Gasteiger partial charge < -0.3 is 10.4 Å². The second-order valence-corrected chi connectivity index (χ2v) is 5.23. The van der Waals surface area contributed by atoms with Crippen LogP contribution in [-0.4, -0.2) is 26.9 Å². The van der Waals surface area contributed by atoms with Gasteiger partial charge in [-0.3, -0.25) is 5.10 Å². The van der Waals surface area contributed by atoms with Gasteiger partial charge in [0.05, 0.1) is 5.69 Å². The molecule has 88 valence electrons. The molecule has 1 fully saturated rings. The summed E-state index contributed by atoms with van der Waals surface area (Å²) in [5, 5.41) is 18.3. The quantitative estimate of drug-likeness (QED) is 0.729. The summed E-state index contributed by atoms with van der Waals surface area (Å²) < 4.78 is 0. The predicted molar refractivity (Wildman–Crippen MR) is 59.4 cm³/mol. The first-order valence-corrected chi connectivity index (χ1v) is 5.45. The van der Waals surface area contributed by atoms with E-state index in [0.29, 0.717) is 0 Å². The molecular formula is C11H17N3O2. The molecule has 16 heavy (non-hydrogen) atoms. The van der Waals surface area contributed by atoms with Crippen molar-refractivity contribution in [2.75, 3.05) is 0 Å². The maximum Gasteiger partial charge on any atom is 0.405 e. The normalized spacial score (nSPS) is 18.1. The highest BCUT2D eigenvalue weighted by atomic mass is 16.4. The van der Waals surface area contributed by atoms with Crippen molar-refractivity contribution in [3.63, 3.8) is 0 Å². The van der Waals surface area contributed by atoms with E-state index in [2.05, 4.69) is 15.5 Å². The van der Waals surface area contributed by atoms with Gasteiger partial charge in [-0.15, -0.1) is 0 Å². The van der Waals surface area contributed by atoms with E-state index in [1.54, 1.807) is 0 Å². The topological polar surface area (TPSA) is 78.0 Å². The van der Waals surface area contributed by atoms with Crippen LogP contribution in [0, 0.1) is 0 Å². The fourth-order valence-corrected chi connectivity index (χ4v) is 2.41. The van der Waals surface area contributed by atoms with Gasteiger partial charge in [0.1, 0.15) is 0 Å². The number of nitrogens with zero attached hydrogens (tertiary/aromatic N) is 1.